The largest absolute Gasteiger partial charge is 0.379 e. The Bertz CT molecular complexity index is 879. The molecule has 0 radical (unpaired) electrons. The Hall–Kier alpha value is -2.68. The van der Waals surface area contributed by atoms with Crippen molar-refractivity contribution in [2.45, 2.75) is 6.42 Å². The number of quaternary nitrogens is 1. The van der Waals surface area contributed by atoms with Crippen LogP contribution in [0.1, 0.15) is 12.0 Å². The van der Waals surface area contributed by atoms with E-state index in [9.17, 15) is 4.39 Å². The molecule has 8 heteroatoms. The molecule has 0 spiro atoms. The number of morpholine rings is 1. The standard InChI is InChI=1S/C20H24FN6O/c21-17-4-2-16(3-5-17)18-14-27(15-24-18,19-6-7-23-20(22)25-19)11-1-8-26-9-12-28-13-10-26/h2-7,14-15H,1,8-13H2,(H2,22,23,25)/q+1. The summed E-state index contributed by atoms with van der Waals surface area (Å²) in [5.74, 6) is 0.747. The minimum Gasteiger partial charge on any atom is -0.379 e. The van der Waals surface area contributed by atoms with Gasteiger partial charge in [0, 0.05) is 43.9 Å². The van der Waals surface area contributed by atoms with Gasteiger partial charge in [-0.25, -0.2) is 13.9 Å². The molecule has 0 bridgehead atoms. The Morgan fingerprint density at radius 3 is 2.68 bits per heavy atom. The lowest BCUT2D eigenvalue weighted by atomic mass is 10.1. The maximum Gasteiger partial charge on any atom is 0.243 e. The molecule has 28 heavy (non-hydrogen) atoms. The quantitative estimate of drug-likeness (QED) is 0.775. The Morgan fingerprint density at radius 1 is 1.14 bits per heavy atom. The van der Waals surface area contributed by atoms with Gasteiger partial charge in [0.15, 0.2) is 0 Å². The Kier molecular flexibility index (Phi) is 5.43. The Balaban J connectivity index is 1.57. The summed E-state index contributed by atoms with van der Waals surface area (Å²) in [6, 6.07) is 8.22. The van der Waals surface area contributed by atoms with Crippen LogP contribution in [0.25, 0.3) is 5.70 Å². The first kappa shape index (κ1) is 18.7. The molecule has 1 saturated heterocycles. The van der Waals surface area contributed by atoms with Crippen molar-refractivity contribution in [3.8, 4) is 0 Å². The van der Waals surface area contributed by atoms with E-state index in [1.54, 1.807) is 18.3 Å². The number of halogens is 1. The zero-order chi connectivity index (χ0) is 19.4. The monoisotopic (exact) mass is 383 g/mol. The molecule has 1 atom stereocenters. The fraction of sp³-hybridized carbons (Fsp3) is 0.350. The second-order valence-corrected chi connectivity index (χ2v) is 7.00. The van der Waals surface area contributed by atoms with Crippen molar-refractivity contribution in [1.29, 1.82) is 0 Å². The number of hydrogen-bond acceptors (Lipinski definition) is 6. The van der Waals surface area contributed by atoms with Gasteiger partial charge in [0.25, 0.3) is 0 Å². The number of rotatable bonds is 6. The molecule has 2 aliphatic heterocycles. The van der Waals surface area contributed by atoms with Crippen molar-refractivity contribution in [3.63, 3.8) is 0 Å². The van der Waals surface area contributed by atoms with E-state index in [2.05, 4.69) is 19.9 Å². The van der Waals surface area contributed by atoms with Gasteiger partial charge in [-0.3, -0.25) is 4.90 Å². The van der Waals surface area contributed by atoms with E-state index in [1.165, 1.54) is 12.1 Å². The van der Waals surface area contributed by atoms with Crippen LogP contribution in [0, 0.1) is 5.82 Å². The van der Waals surface area contributed by atoms with Crippen molar-refractivity contribution in [2.75, 3.05) is 45.1 Å². The second kappa shape index (κ2) is 8.14. The van der Waals surface area contributed by atoms with Crippen molar-refractivity contribution in [3.05, 3.63) is 54.1 Å². The maximum absolute atomic E-state index is 13.3. The molecule has 1 unspecified atom stereocenters. The molecular weight excluding hydrogens is 359 g/mol. The van der Waals surface area contributed by atoms with E-state index in [-0.39, 0.29) is 11.8 Å². The normalized spacial score (nSPS) is 22.4. The highest BCUT2D eigenvalue weighted by Gasteiger charge is 2.34. The summed E-state index contributed by atoms with van der Waals surface area (Å²) in [6.45, 7) is 5.28. The van der Waals surface area contributed by atoms with E-state index >= 15 is 0 Å². The molecule has 0 saturated carbocycles. The fourth-order valence-electron chi connectivity index (χ4n) is 3.56. The van der Waals surface area contributed by atoms with E-state index < -0.39 is 0 Å². The van der Waals surface area contributed by atoms with Crippen LogP contribution in [0.3, 0.4) is 0 Å². The highest BCUT2D eigenvalue weighted by atomic mass is 19.1. The van der Waals surface area contributed by atoms with Crippen molar-refractivity contribution in [1.82, 2.24) is 19.4 Å². The molecular formula is C20H24FN6O+. The molecule has 7 nitrogen and oxygen atoms in total. The number of nitrogens with zero attached hydrogens (tertiary/aromatic N) is 5. The third-order valence-electron chi connectivity index (χ3n) is 5.09. The Morgan fingerprint density at radius 2 is 1.93 bits per heavy atom. The predicted octanol–water partition coefficient (Wildman–Crippen LogP) is 2.27. The Labute approximate surface area is 163 Å². The maximum atomic E-state index is 13.3. The molecule has 4 rings (SSSR count). The van der Waals surface area contributed by atoms with Gasteiger partial charge in [0.1, 0.15) is 17.7 Å². The van der Waals surface area contributed by atoms with Crippen molar-refractivity contribution < 1.29 is 9.13 Å². The highest BCUT2D eigenvalue weighted by molar-refractivity contribution is 5.88. The van der Waals surface area contributed by atoms with Gasteiger partial charge in [-0.1, -0.05) is 0 Å². The number of aromatic nitrogens is 2. The number of nitrogens with two attached hydrogens (primary N) is 1. The molecule has 1 aromatic carbocycles. The first-order valence-corrected chi connectivity index (χ1v) is 9.45. The van der Waals surface area contributed by atoms with Crippen molar-refractivity contribution >= 4 is 23.8 Å². The van der Waals surface area contributed by atoms with E-state index in [0.29, 0.717) is 4.48 Å². The topological polar surface area (TPSA) is 76.6 Å². The lowest BCUT2D eigenvalue weighted by Crippen LogP contribution is -2.45. The molecule has 1 aromatic heterocycles. The first-order valence-electron chi connectivity index (χ1n) is 9.45. The van der Waals surface area contributed by atoms with Crippen LogP contribution in [0.4, 0.5) is 16.2 Å². The molecule has 3 heterocycles. The summed E-state index contributed by atoms with van der Waals surface area (Å²) in [4.78, 5) is 15.5. The minimum absolute atomic E-state index is 0.236. The molecule has 146 valence electrons. The van der Waals surface area contributed by atoms with Crippen molar-refractivity contribution in [2.24, 2.45) is 4.99 Å². The van der Waals surface area contributed by atoms with Gasteiger partial charge in [-0.2, -0.15) is 9.98 Å². The summed E-state index contributed by atoms with van der Waals surface area (Å²) in [5, 5.41) is 0. The minimum atomic E-state index is -0.263. The predicted molar refractivity (Wildman–Crippen MR) is 108 cm³/mol. The van der Waals surface area contributed by atoms with Crippen LogP contribution in [0.2, 0.25) is 0 Å². The number of anilines is 1. The zero-order valence-electron chi connectivity index (χ0n) is 15.7. The first-order chi connectivity index (χ1) is 13.6. The van der Waals surface area contributed by atoms with Gasteiger partial charge in [-0.15, -0.1) is 0 Å². The number of hydrogen-bond donors (Lipinski definition) is 1. The second-order valence-electron chi connectivity index (χ2n) is 7.00. The fourth-order valence-corrected chi connectivity index (χ4v) is 3.56. The van der Waals surface area contributed by atoms with Crippen LogP contribution in [-0.2, 0) is 4.74 Å². The summed E-state index contributed by atoms with van der Waals surface area (Å²) >= 11 is 0. The summed E-state index contributed by atoms with van der Waals surface area (Å²) in [6.07, 6.45) is 6.55. The zero-order valence-corrected chi connectivity index (χ0v) is 15.7. The van der Waals surface area contributed by atoms with Crippen LogP contribution >= 0.6 is 0 Å². The molecule has 2 N–H and O–H groups in total. The SMILES string of the molecule is Nc1nccc([N+]2(CCCN3CCOCC3)C=NC(c3ccc(F)cc3)=C2)n1. The number of benzene rings is 1. The molecule has 1 fully saturated rings. The third kappa shape index (κ3) is 4.09. The lowest BCUT2D eigenvalue weighted by Gasteiger charge is -2.29. The third-order valence-corrected chi connectivity index (χ3v) is 5.09. The van der Waals surface area contributed by atoms with E-state index in [1.807, 2.05) is 18.6 Å². The molecule has 2 aromatic rings. The van der Waals surface area contributed by atoms with Crippen LogP contribution < -0.4 is 10.2 Å². The highest BCUT2D eigenvalue weighted by Crippen LogP contribution is 2.30. The number of aliphatic imine (C=N–C) groups is 1. The lowest BCUT2D eigenvalue weighted by molar-refractivity contribution is 0.0371. The van der Waals surface area contributed by atoms with E-state index in [4.69, 9.17) is 10.5 Å². The summed E-state index contributed by atoms with van der Waals surface area (Å²) in [7, 11) is 0. The molecule has 0 aliphatic carbocycles. The summed E-state index contributed by atoms with van der Waals surface area (Å²) < 4.78 is 19.1. The van der Waals surface area contributed by atoms with Crippen LogP contribution in [-0.4, -0.2) is 60.6 Å². The molecule has 2 aliphatic rings. The van der Waals surface area contributed by atoms with Gasteiger partial charge in [0.05, 0.1) is 19.8 Å². The molecule has 0 amide bonds. The average Bonchev–Trinajstić information content (AvgIpc) is 3.15. The summed E-state index contributed by atoms with van der Waals surface area (Å²) in [5.41, 5.74) is 7.50. The van der Waals surface area contributed by atoms with Gasteiger partial charge >= 0.3 is 0 Å². The van der Waals surface area contributed by atoms with Crippen LogP contribution in [0.15, 0.2) is 47.7 Å². The van der Waals surface area contributed by atoms with Crippen LogP contribution in [0.5, 0.6) is 0 Å². The van der Waals surface area contributed by atoms with E-state index in [0.717, 1.165) is 62.9 Å². The van der Waals surface area contributed by atoms with Gasteiger partial charge < -0.3 is 10.5 Å². The average molecular weight is 383 g/mol. The number of ether oxygens (including phenoxy) is 1. The van der Waals surface area contributed by atoms with Gasteiger partial charge in [0.2, 0.25) is 18.1 Å². The smallest absolute Gasteiger partial charge is 0.243 e. The number of nitrogen functional groups attached to an aromatic ring is 1. The van der Waals surface area contributed by atoms with Gasteiger partial charge in [-0.05, 0) is 24.3 Å².